The zero-order valence-electron chi connectivity index (χ0n) is 11.9. The monoisotopic (exact) mass is 250 g/mol. The van der Waals surface area contributed by atoms with Gasteiger partial charge in [0, 0.05) is 0 Å². The van der Waals surface area contributed by atoms with Crippen LogP contribution in [0.25, 0.3) is 0 Å². The fourth-order valence-electron chi connectivity index (χ4n) is 2.39. The average Bonchev–Trinajstić information content (AvgIpc) is 2.72. The molecule has 100 valence electrons. The van der Waals surface area contributed by atoms with E-state index >= 15 is 0 Å². The summed E-state index contributed by atoms with van der Waals surface area (Å²) in [6.07, 6.45) is 2.71. The van der Waals surface area contributed by atoms with Crippen molar-refractivity contribution < 1.29 is 9.53 Å². The first-order valence-electron chi connectivity index (χ1n) is 6.63. The Kier molecular flexibility index (Phi) is 3.21. The number of nitrogens with zero attached hydrogens (tertiary/aromatic N) is 2. The largest absolute Gasteiger partial charge is 0.442 e. The summed E-state index contributed by atoms with van der Waals surface area (Å²) < 4.78 is 6.88. The standard InChI is InChI=1S/C14H22N2O2/c1-9(2)12-10-7-6-8-11(10)16(15-12)13(17)18-14(3,4)5/h9H,6-8H2,1-5H3. The van der Waals surface area contributed by atoms with Gasteiger partial charge in [-0.1, -0.05) is 13.8 Å². The lowest BCUT2D eigenvalue weighted by molar-refractivity contribution is 0.0509. The minimum Gasteiger partial charge on any atom is -0.442 e. The number of ether oxygens (including phenoxy) is 1. The molecule has 1 aliphatic carbocycles. The summed E-state index contributed by atoms with van der Waals surface area (Å²) >= 11 is 0. The molecule has 0 unspecified atom stereocenters. The Morgan fingerprint density at radius 1 is 1.33 bits per heavy atom. The second-order valence-corrected chi connectivity index (χ2v) is 6.21. The number of carbonyl (C=O) groups is 1. The van der Waals surface area contributed by atoms with Crippen molar-refractivity contribution in [2.24, 2.45) is 0 Å². The second-order valence-electron chi connectivity index (χ2n) is 6.21. The molecule has 0 amide bonds. The first-order chi connectivity index (χ1) is 8.29. The van der Waals surface area contributed by atoms with Gasteiger partial charge >= 0.3 is 6.09 Å². The van der Waals surface area contributed by atoms with Crippen molar-refractivity contribution in [3.8, 4) is 0 Å². The van der Waals surface area contributed by atoms with E-state index in [1.807, 2.05) is 20.8 Å². The summed E-state index contributed by atoms with van der Waals surface area (Å²) in [5.74, 6) is 0.348. The van der Waals surface area contributed by atoms with Gasteiger partial charge in [-0.15, -0.1) is 0 Å². The highest BCUT2D eigenvalue weighted by atomic mass is 16.6. The molecular formula is C14H22N2O2. The van der Waals surface area contributed by atoms with E-state index in [4.69, 9.17) is 4.74 Å². The van der Waals surface area contributed by atoms with E-state index < -0.39 is 5.60 Å². The molecule has 0 bridgehead atoms. The van der Waals surface area contributed by atoms with Gasteiger partial charge < -0.3 is 4.74 Å². The average molecular weight is 250 g/mol. The maximum Gasteiger partial charge on any atom is 0.435 e. The first kappa shape index (κ1) is 13.1. The van der Waals surface area contributed by atoms with Gasteiger partial charge in [-0.25, -0.2) is 4.79 Å². The molecule has 18 heavy (non-hydrogen) atoms. The lowest BCUT2D eigenvalue weighted by Crippen LogP contribution is -2.28. The van der Waals surface area contributed by atoms with Gasteiger partial charge in [0.05, 0.1) is 11.4 Å². The van der Waals surface area contributed by atoms with Crippen LogP contribution < -0.4 is 0 Å². The first-order valence-corrected chi connectivity index (χ1v) is 6.63. The lowest BCUT2D eigenvalue weighted by atomic mass is 10.1. The van der Waals surface area contributed by atoms with Crippen LogP contribution >= 0.6 is 0 Å². The van der Waals surface area contributed by atoms with Crippen LogP contribution in [0.2, 0.25) is 0 Å². The summed E-state index contributed by atoms with van der Waals surface area (Å²) in [6.45, 7) is 9.84. The topological polar surface area (TPSA) is 44.1 Å². The van der Waals surface area contributed by atoms with Crippen molar-refractivity contribution in [2.45, 2.75) is 65.4 Å². The van der Waals surface area contributed by atoms with Gasteiger partial charge in [0.25, 0.3) is 0 Å². The second kappa shape index (κ2) is 4.41. The summed E-state index contributed by atoms with van der Waals surface area (Å²) in [6, 6.07) is 0. The number of rotatable bonds is 1. The SMILES string of the molecule is CC(C)c1nn(C(=O)OC(C)(C)C)c2c1CCC2. The minimum absolute atomic E-state index is 0.348. The van der Waals surface area contributed by atoms with E-state index in [-0.39, 0.29) is 6.09 Å². The van der Waals surface area contributed by atoms with Crippen LogP contribution in [0, 0.1) is 0 Å². The predicted octanol–water partition coefficient (Wildman–Crippen LogP) is 3.28. The van der Waals surface area contributed by atoms with Crippen molar-refractivity contribution in [1.29, 1.82) is 0 Å². The molecule has 1 aromatic heterocycles. The summed E-state index contributed by atoms with van der Waals surface area (Å²) in [7, 11) is 0. The highest BCUT2D eigenvalue weighted by Gasteiger charge is 2.28. The fourth-order valence-corrected chi connectivity index (χ4v) is 2.39. The van der Waals surface area contributed by atoms with Gasteiger partial charge in [-0.05, 0) is 51.5 Å². The Morgan fingerprint density at radius 2 is 2.00 bits per heavy atom. The minimum atomic E-state index is -0.480. The molecular weight excluding hydrogens is 228 g/mol. The zero-order chi connectivity index (χ0) is 13.5. The third kappa shape index (κ3) is 2.42. The molecule has 0 aromatic carbocycles. The molecule has 1 aliphatic rings. The van der Waals surface area contributed by atoms with Crippen molar-refractivity contribution in [2.75, 3.05) is 0 Å². The van der Waals surface area contributed by atoms with Gasteiger partial charge in [0.2, 0.25) is 0 Å². The normalized spacial score (nSPS) is 15.0. The van der Waals surface area contributed by atoms with Crippen molar-refractivity contribution in [3.05, 3.63) is 17.0 Å². The van der Waals surface area contributed by atoms with Crippen molar-refractivity contribution >= 4 is 6.09 Å². The molecule has 4 heteroatoms. The van der Waals surface area contributed by atoms with Crippen LogP contribution in [0.4, 0.5) is 4.79 Å². The summed E-state index contributed by atoms with van der Waals surface area (Å²) in [4.78, 5) is 12.1. The third-order valence-electron chi connectivity index (χ3n) is 3.07. The van der Waals surface area contributed by atoms with Gasteiger partial charge in [-0.2, -0.15) is 9.78 Å². The number of fused-ring (bicyclic) bond motifs is 1. The van der Waals surface area contributed by atoms with Crippen LogP contribution in [0.5, 0.6) is 0 Å². The highest BCUT2D eigenvalue weighted by Crippen LogP contribution is 2.30. The Morgan fingerprint density at radius 3 is 2.56 bits per heavy atom. The molecule has 0 radical (unpaired) electrons. The fraction of sp³-hybridized carbons (Fsp3) is 0.714. The molecule has 0 saturated heterocycles. The molecule has 0 fully saturated rings. The Labute approximate surface area is 108 Å². The van der Waals surface area contributed by atoms with Crippen LogP contribution in [0.3, 0.4) is 0 Å². The smallest absolute Gasteiger partial charge is 0.435 e. The van der Waals surface area contributed by atoms with E-state index in [0.29, 0.717) is 5.92 Å². The van der Waals surface area contributed by atoms with Crippen LogP contribution in [0.15, 0.2) is 0 Å². The van der Waals surface area contributed by atoms with Crippen LogP contribution in [-0.2, 0) is 17.6 Å². The molecule has 2 rings (SSSR count). The van der Waals surface area contributed by atoms with E-state index in [1.165, 1.54) is 10.2 Å². The van der Waals surface area contributed by atoms with Crippen molar-refractivity contribution in [3.63, 3.8) is 0 Å². The summed E-state index contributed by atoms with van der Waals surface area (Å²) in [5.41, 5.74) is 2.88. The zero-order valence-corrected chi connectivity index (χ0v) is 11.9. The lowest BCUT2D eigenvalue weighted by Gasteiger charge is -2.19. The molecule has 0 atom stereocenters. The Bertz CT molecular complexity index is 467. The summed E-state index contributed by atoms with van der Waals surface area (Å²) in [5, 5.41) is 4.46. The predicted molar refractivity (Wildman–Crippen MR) is 70.0 cm³/mol. The number of carbonyl (C=O) groups excluding carboxylic acids is 1. The maximum absolute atomic E-state index is 12.1. The third-order valence-corrected chi connectivity index (χ3v) is 3.07. The molecule has 0 saturated carbocycles. The molecule has 1 aromatic rings. The number of hydrogen-bond donors (Lipinski definition) is 0. The van der Waals surface area contributed by atoms with E-state index in [1.54, 1.807) is 0 Å². The van der Waals surface area contributed by atoms with Gasteiger partial charge in [0.1, 0.15) is 5.60 Å². The van der Waals surface area contributed by atoms with E-state index in [9.17, 15) is 4.79 Å². The van der Waals surface area contributed by atoms with Crippen LogP contribution in [0.1, 0.15) is 63.9 Å². The number of hydrogen-bond acceptors (Lipinski definition) is 3. The Balaban J connectivity index is 2.35. The van der Waals surface area contributed by atoms with Gasteiger partial charge in [-0.3, -0.25) is 0 Å². The Hall–Kier alpha value is -1.32. The van der Waals surface area contributed by atoms with Crippen molar-refractivity contribution in [1.82, 2.24) is 9.78 Å². The molecule has 1 heterocycles. The molecule has 0 spiro atoms. The van der Waals surface area contributed by atoms with Crippen LogP contribution in [-0.4, -0.2) is 21.5 Å². The molecule has 4 nitrogen and oxygen atoms in total. The quantitative estimate of drug-likeness (QED) is 0.768. The van der Waals surface area contributed by atoms with E-state index in [2.05, 4.69) is 18.9 Å². The molecule has 0 N–H and O–H groups in total. The highest BCUT2D eigenvalue weighted by molar-refractivity contribution is 5.71. The molecule has 0 aliphatic heterocycles. The maximum atomic E-state index is 12.1. The van der Waals surface area contributed by atoms with E-state index in [0.717, 1.165) is 30.7 Å². The number of aromatic nitrogens is 2. The van der Waals surface area contributed by atoms with Gasteiger partial charge in [0.15, 0.2) is 0 Å².